The number of hydrogen-bond acceptors (Lipinski definition) is 4. The molecule has 1 aromatic heterocycles. The summed E-state index contributed by atoms with van der Waals surface area (Å²) in [6.07, 6.45) is 0. The number of rotatable bonds is 8. The van der Waals surface area contributed by atoms with Crippen LogP contribution in [0.5, 0.6) is 0 Å². The van der Waals surface area contributed by atoms with Crippen LogP contribution in [0.2, 0.25) is 10.0 Å². The minimum Gasteiger partial charge on any atom is -0.375 e. The van der Waals surface area contributed by atoms with E-state index in [1.807, 2.05) is 57.2 Å². The van der Waals surface area contributed by atoms with Crippen molar-refractivity contribution in [1.29, 1.82) is 0 Å². The zero-order chi connectivity index (χ0) is 24.9. The Morgan fingerprint density at radius 2 is 1.76 bits per heavy atom. The van der Waals surface area contributed by atoms with Gasteiger partial charge in [0.1, 0.15) is 19.0 Å². The van der Waals surface area contributed by atoms with Crippen molar-refractivity contribution in [2.75, 3.05) is 25.6 Å². The minimum absolute atomic E-state index is 0.116. The van der Waals surface area contributed by atoms with Crippen LogP contribution in [0, 0.1) is 0 Å². The Bertz CT molecular complexity index is 1160. The Kier molecular flexibility index (Phi) is 8.36. The zero-order valence-electron chi connectivity index (χ0n) is 19.6. The van der Waals surface area contributed by atoms with Crippen molar-refractivity contribution in [1.82, 2.24) is 14.7 Å². The average Bonchev–Trinajstić information content (AvgIpc) is 3.20. The molecular formula is C25H28Cl2N4O3. The van der Waals surface area contributed by atoms with Gasteiger partial charge in [0.25, 0.3) is 0 Å². The molecule has 0 aliphatic rings. The maximum absolute atomic E-state index is 13.1. The predicted molar refractivity (Wildman–Crippen MR) is 135 cm³/mol. The van der Waals surface area contributed by atoms with E-state index in [9.17, 15) is 9.59 Å². The lowest BCUT2D eigenvalue weighted by molar-refractivity contribution is -0.138. The molecule has 0 spiro atoms. The summed E-state index contributed by atoms with van der Waals surface area (Å²) in [5.74, 6) is -0.177. The van der Waals surface area contributed by atoms with Crippen molar-refractivity contribution in [2.24, 2.45) is 0 Å². The van der Waals surface area contributed by atoms with Crippen LogP contribution in [0.15, 0.2) is 54.6 Å². The Labute approximate surface area is 209 Å². The fourth-order valence-corrected chi connectivity index (χ4v) is 3.55. The first kappa shape index (κ1) is 25.7. The molecule has 3 aromatic rings. The second kappa shape index (κ2) is 11.0. The van der Waals surface area contributed by atoms with E-state index in [0.29, 0.717) is 21.6 Å². The first-order chi connectivity index (χ1) is 16.1. The Morgan fingerprint density at radius 1 is 1.06 bits per heavy atom. The Morgan fingerprint density at radius 3 is 2.38 bits per heavy atom. The number of hydrogen-bond donors (Lipinski definition) is 1. The van der Waals surface area contributed by atoms with Crippen LogP contribution in [0.25, 0.3) is 5.69 Å². The van der Waals surface area contributed by atoms with Crippen molar-refractivity contribution in [3.05, 3.63) is 75.9 Å². The summed E-state index contributed by atoms with van der Waals surface area (Å²) in [7, 11) is 1.45. The third-order valence-electron chi connectivity index (χ3n) is 5.06. The molecule has 0 atom stereocenters. The molecule has 0 aliphatic heterocycles. The maximum Gasteiger partial charge on any atom is 0.249 e. The SMILES string of the molecule is COCC(=O)N(CC(=O)Nc1cc(C(C)(C)C)nn1-c1ccc(Cl)c(Cl)c1)Cc1ccccc1. The summed E-state index contributed by atoms with van der Waals surface area (Å²) in [5.41, 5.74) is 2.09. The molecule has 34 heavy (non-hydrogen) atoms. The molecule has 1 N–H and O–H groups in total. The smallest absolute Gasteiger partial charge is 0.249 e. The van der Waals surface area contributed by atoms with Crippen LogP contribution >= 0.6 is 23.2 Å². The first-order valence-electron chi connectivity index (χ1n) is 10.7. The van der Waals surface area contributed by atoms with Gasteiger partial charge in [-0.05, 0) is 23.8 Å². The summed E-state index contributed by atoms with van der Waals surface area (Å²) < 4.78 is 6.61. The highest BCUT2D eigenvalue weighted by Crippen LogP contribution is 2.29. The fourth-order valence-electron chi connectivity index (χ4n) is 3.26. The van der Waals surface area contributed by atoms with Crippen LogP contribution in [0.3, 0.4) is 0 Å². The van der Waals surface area contributed by atoms with Crippen molar-refractivity contribution >= 4 is 40.8 Å². The average molecular weight is 503 g/mol. The molecule has 3 rings (SSSR count). The van der Waals surface area contributed by atoms with Crippen LogP contribution in [0.4, 0.5) is 5.82 Å². The number of halogens is 2. The number of ether oxygens (including phenoxy) is 1. The van der Waals surface area contributed by atoms with E-state index in [0.717, 1.165) is 11.3 Å². The number of nitrogens with one attached hydrogen (secondary N) is 1. The number of methoxy groups -OCH3 is 1. The summed E-state index contributed by atoms with van der Waals surface area (Å²) in [6.45, 7) is 6.13. The number of nitrogens with zero attached hydrogens (tertiary/aromatic N) is 3. The molecular weight excluding hydrogens is 475 g/mol. The van der Waals surface area contributed by atoms with E-state index >= 15 is 0 Å². The van der Waals surface area contributed by atoms with Crippen molar-refractivity contribution < 1.29 is 14.3 Å². The van der Waals surface area contributed by atoms with E-state index in [2.05, 4.69) is 10.4 Å². The molecule has 2 amide bonds. The van der Waals surface area contributed by atoms with Gasteiger partial charge in [-0.25, -0.2) is 4.68 Å². The molecule has 0 saturated heterocycles. The van der Waals surface area contributed by atoms with Crippen LogP contribution in [0.1, 0.15) is 32.0 Å². The molecule has 7 nitrogen and oxygen atoms in total. The van der Waals surface area contributed by atoms with Gasteiger partial charge in [0.05, 0.1) is 21.4 Å². The van der Waals surface area contributed by atoms with Gasteiger partial charge >= 0.3 is 0 Å². The van der Waals surface area contributed by atoms with Gasteiger partial charge in [-0.15, -0.1) is 0 Å². The van der Waals surface area contributed by atoms with Gasteiger partial charge in [-0.1, -0.05) is 74.3 Å². The molecule has 2 aromatic carbocycles. The molecule has 0 radical (unpaired) electrons. The molecule has 0 fully saturated rings. The van der Waals surface area contributed by atoms with E-state index < -0.39 is 0 Å². The van der Waals surface area contributed by atoms with E-state index in [-0.39, 0.29) is 36.9 Å². The van der Waals surface area contributed by atoms with Crippen LogP contribution in [-0.2, 0) is 26.3 Å². The lowest BCUT2D eigenvalue weighted by atomic mass is 9.92. The highest BCUT2D eigenvalue weighted by molar-refractivity contribution is 6.42. The monoisotopic (exact) mass is 502 g/mol. The van der Waals surface area contributed by atoms with Gasteiger partial charge in [0.2, 0.25) is 11.8 Å². The predicted octanol–water partition coefficient (Wildman–Crippen LogP) is 5.09. The van der Waals surface area contributed by atoms with Gasteiger partial charge < -0.3 is 15.0 Å². The van der Waals surface area contributed by atoms with E-state index in [1.165, 1.54) is 12.0 Å². The highest BCUT2D eigenvalue weighted by atomic mass is 35.5. The molecule has 0 bridgehead atoms. The Balaban J connectivity index is 1.87. The Hall–Kier alpha value is -2.87. The molecule has 1 heterocycles. The molecule has 180 valence electrons. The molecule has 9 heteroatoms. The van der Waals surface area contributed by atoms with Gasteiger partial charge in [-0.2, -0.15) is 5.10 Å². The molecule has 0 aliphatic carbocycles. The maximum atomic E-state index is 13.1. The summed E-state index contributed by atoms with van der Waals surface area (Å²) in [5, 5.41) is 8.39. The van der Waals surface area contributed by atoms with E-state index in [4.69, 9.17) is 27.9 Å². The summed E-state index contributed by atoms with van der Waals surface area (Å²) in [4.78, 5) is 27.1. The summed E-state index contributed by atoms with van der Waals surface area (Å²) >= 11 is 12.3. The number of amides is 2. The number of carbonyl (C=O) groups is 2. The lowest BCUT2D eigenvalue weighted by Gasteiger charge is -2.22. The van der Waals surface area contributed by atoms with Gasteiger partial charge in [0, 0.05) is 25.1 Å². The number of carbonyl (C=O) groups excluding carboxylic acids is 2. The largest absolute Gasteiger partial charge is 0.375 e. The topological polar surface area (TPSA) is 76.5 Å². The summed E-state index contributed by atoms with van der Waals surface area (Å²) in [6, 6.07) is 16.4. The fraction of sp³-hybridized carbons (Fsp3) is 0.320. The molecule has 0 saturated carbocycles. The number of aromatic nitrogens is 2. The van der Waals surface area contributed by atoms with Crippen molar-refractivity contribution in [3.63, 3.8) is 0 Å². The normalized spacial score (nSPS) is 11.4. The van der Waals surface area contributed by atoms with Gasteiger partial charge in [0.15, 0.2) is 0 Å². The van der Waals surface area contributed by atoms with Gasteiger partial charge in [-0.3, -0.25) is 9.59 Å². The number of anilines is 1. The van der Waals surface area contributed by atoms with Crippen LogP contribution < -0.4 is 5.32 Å². The third-order valence-corrected chi connectivity index (χ3v) is 5.80. The quantitative estimate of drug-likeness (QED) is 0.465. The van der Waals surface area contributed by atoms with E-state index in [1.54, 1.807) is 22.9 Å². The second-order valence-electron chi connectivity index (χ2n) is 8.89. The second-order valence-corrected chi connectivity index (χ2v) is 9.71. The standard InChI is InChI=1S/C25H28Cl2N4O3/c1-25(2,3)21-13-22(31(29-21)18-10-11-19(26)20(27)12-18)28-23(32)15-30(24(33)16-34-4)14-17-8-6-5-7-9-17/h5-13H,14-16H2,1-4H3,(H,28,32). The minimum atomic E-state index is -0.359. The van der Waals surface area contributed by atoms with Crippen molar-refractivity contribution in [3.8, 4) is 5.69 Å². The highest BCUT2D eigenvalue weighted by Gasteiger charge is 2.23. The number of benzene rings is 2. The lowest BCUT2D eigenvalue weighted by Crippen LogP contribution is -2.39. The first-order valence-corrected chi connectivity index (χ1v) is 11.5. The third kappa shape index (κ3) is 6.59. The zero-order valence-corrected chi connectivity index (χ0v) is 21.2. The van der Waals surface area contributed by atoms with Crippen LogP contribution in [-0.4, -0.2) is 46.8 Å². The van der Waals surface area contributed by atoms with Crippen molar-refractivity contribution in [2.45, 2.75) is 32.7 Å². The molecule has 0 unspecified atom stereocenters.